The molecular weight excluding hydrogens is 253 g/mol. The van der Waals surface area contributed by atoms with Gasteiger partial charge in [0, 0.05) is 17.9 Å². The van der Waals surface area contributed by atoms with Crippen LogP contribution in [0.4, 0.5) is 0 Å². The third-order valence-corrected chi connectivity index (χ3v) is 3.34. The molecule has 1 fully saturated rings. The molecule has 106 valence electrons. The molecule has 0 aliphatic carbocycles. The van der Waals surface area contributed by atoms with Gasteiger partial charge >= 0.3 is 13.0 Å². The van der Waals surface area contributed by atoms with Crippen LogP contribution in [0.3, 0.4) is 0 Å². The fourth-order valence-electron chi connectivity index (χ4n) is 2.37. The van der Waals surface area contributed by atoms with Gasteiger partial charge in [-0.1, -0.05) is 36.9 Å². The fraction of sp³-hybridized carbons (Fsp3) is 0.400. The van der Waals surface area contributed by atoms with E-state index in [2.05, 4.69) is 18.7 Å². The molecule has 0 amide bonds. The number of carbonyl (C=O) groups is 1. The maximum atomic E-state index is 11.6. The van der Waals surface area contributed by atoms with Crippen molar-refractivity contribution in [3.63, 3.8) is 0 Å². The summed E-state index contributed by atoms with van der Waals surface area (Å²) in [7, 11) is -0.202. The summed E-state index contributed by atoms with van der Waals surface area (Å²) in [6.07, 6.45) is 0.433. The molecule has 1 aromatic carbocycles. The van der Waals surface area contributed by atoms with Gasteiger partial charge in [-0.3, -0.25) is 0 Å². The number of ether oxygens (including phenoxy) is 1. The van der Waals surface area contributed by atoms with Crippen LogP contribution in [0.15, 0.2) is 42.5 Å². The Labute approximate surface area is 120 Å². The zero-order chi connectivity index (χ0) is 14.5. The van der Waals surface area contributed by atoms with Gasteiger partial charge in [-0.05, 0) is 19.4 Å². The molecule has 2 atom stereocenters. The number of benzene rings is 1. The second kappa shape index (κ2) is 6.73. The number of carbonyl (C=O) groups excluding carboxylic acids is 1. The zero-order valence-corrected chi connectivity index (χ0v) is 12.0. The van der Waals surface area contributed by atoms with E-state index < -0.39 is 0 Å². The highest BCUT2D eigenvalue weighted by Gasteiger charge is 2.36. The van der Waals surface area contributed by atoms with Crippen LogP contribution >= 0.6 is 0 Å². The van der Waals surface area contributed by atoms with E-state index in [1.165, 1.54) is 0 Å². The normalized spacial score (nSPS) is 21.8. The third-order valence-electron chi connectivity index (χ3n) is 3.34. The van der Waals surface area contributed by atoms with E-state index in [0.29, 0.717) is 18.5 Å². The molecule has 0 saturated carbocycles. The van der Waals surface area contributed by atoms with Crippen LogP contribution in [0.2, 0.25) is 6.32 Å². The Morgan fingerprint density at radius 3 is 2.80 bits per heavy atom. The van der Waals surface area contributed by atoms with Gasteiger partial charge in [-0.15, -0.1) is 0 Å². The molecule has 0 radical (unpaired) electrons. The molecule has 0 spiro atoms. The molecule has 1 heterocycles. The van der Waals surface area contributed by atoms with Gasteiger partial charge in [-0.25, -0.2) is 4.79 Å². The predicted octanol–water partition coefficient (Wildman–Crippen LogP) is 2.34. The number of esters is 1. The van der Waals surface area contributed by atoms with Crippen molar-refractivity contribution in [3.05, 3.63) is 48.0 Å². The van der Waals surface area contributed by atoms with Gasteiger partial charge < -0.3 is 14.6 Å². The maximum Gasteiger partial charge on any atom is 0.385 e. The van der Waals surface area contributed by atoms with E-state index in [4.69, 9.17) is 9.39 Å². The first-order chi connectivity index (χ1) is 9.61. The van der Waals surface area contributed by atoms with Crippen molar-refractivity contribution in [1.29, 1.82) is 0 Å². The van der Waals surface area contributed by atoms with Crippen LogP contribution in [0, 0.1) is 0 Å². The number of nitrogens with one attached hydrogen (secondary N) is 1. The summed E-state index contributed by atoms with van der Waals surface area (Å²) in [6, 6.07) is 10.3. The predicted molar refractivity (Wildman–Crippen MR) is 79.2 cm³/mol. The van der Waals surface area contributed by atoms with Gasteiger partial charge in [0.2, 0.25) is 0 Å². The highest BCUT2D eigenvalue weighted by atomic mass is 16.5. The molecule has 2 rings (SSSR count). The molecule has 1 N–H and O–H groups in total. The standard InChI is InChI=1S/C15H20BNO3/c1-4-19-15(18)11(2)10-16-17-12(3)14(20-16)13-8-6-5-7-9-13/h5-9,12,14,17H,2,4,10H2,1,3H3/t12-,14-/m1/s1. The summed E-state index contributed by atoms with van der Waals surface area (Å²) in [5.41, 5.74) is 1.57. The Bertz CT molecular complexity index is 477. The van der Waals surface area contributed by atoms with Crippen molar-refractivity contribution in [1.82, 2.24) is 5.23 Å². The zero-order valence-electron chi connectivity index (χ0n) is 12.0. The van der Waals surface area contributed by atoms with Gasteiger partial charge in [0.1, 0.15) is 0 Å². The average molecular weight is 273 g/mol. The smallest absolute Gasteiger partial charge is 0.385 e. The average Bonchev–Trinajstić information content (AvgIpc) is 2.80. The Morgan fingerprint density at radius 2 is 2.15 bits per heavy atom. The summed E-state index contributed by atoms with van der Waals surface area (Å²) >= 11 is 0. The minimum Gasteiger partial charge on any atom is -0.463 e. The topological polar surface area (TPSA) is 47.6 Å². The highest BCUT2D eigenvalue weighted by Crippen LogP contribution is 2.28. The van der Waals surface area contributed by atoms with Gasteiger partial charge in [0.25, 0.3) is 0 Å². The first kappa shape index (κ1) is 14.8. The van der Waals surface area contributed by atoms with Crippen molar-refractivity contribution in [2.45, 2.75) is 32.3 Å². The quantitative estimate of drug-likeness (QED) is 0.508. The second-order valence-corrected chi connectivity index (χ2v) is 4.94. The Hall–Kier alpha value is -1.59. The van der Waals surface area contributed by atoms with E-state index in [1.807, 2.05) is 30.3 Å². The lowest BCUT2D eigenvalue weighted by Crippen LogP contribution is -2.33. The van der Waals surface area contributed by atoms with Crippen LogP contribution < -0.4 is 5.23 Å². The van der Waals surface area contributed by atoms with Crippen molar-refractivity contribution in [2.24, 2.45) is 0 Å². The van der Waals surface area contributed by atoms with Crippen molar-refractivity contribution >= 4 is 13.0 Å². The summed E-state index contributed by atoms with van der Waals surface area (Å²) in [5, 5.41) is 3.34. The largest absolute Gasteiger partial charge is 0.463 e. The second-order valence-electron chi connectivity index (χ2n) is 4.94. The lowest BCUT2D eigenvalue weighted by Gasteiger charge is -2.15. The molecule has 1 aliphatic heterocycles. The maximum absolute atomic E-state index is 11.6. The van der Waals surface area contributed by atoms with E-state index in [0.717, 1.165) is 5.56 Å². The molecule has 1 aromatic rings. The summed E-state index contributed by atoms with van der Waals surface area (Å²) in [5.74, 6) is -0.353. The molecule has 1 aliphatic rings. The van der Waals surface area contributed by atoms with Gasteiger partial charge in [-0.2, -0.15) is 0 Å². The van der Waals surface area contributed by atoms with E-state index in [1.54, 1.807) is 6.92 Å². The molecule has 0 aromatic heterocycles. The molecule has 0 bridgehead atoms. The van der Waals surface area contributed by atoms with Crippen molar-refractivity contribution in [2.75, 3.05) is 6.61 Å². The van der Waals surface area contributed by atoms with Crippen molar-refractivity contribution < 1.29 is 14.2 Å². The number of hydrogen-bond acceptors (Lipinski definition) is 4. The van der Waals surface area contributed by atoms with E-state index >= 15 is 0 Å². The van der Waals surface area contributed by atoms with Gasteiger partial charge in [0.05, 0.1) is 12.7 Å². The molecule has 5 heteroatoms. The SMILES string of the molecule is C=C(CB1N[C@H](C)[C@H](c2ccccc2)O1)C(=O)OCC. The summed E-state index contributed by atoms with van der Waals surface area (Å²) in [6.45, 7) is 7.98. The minimum atomic E-state index is -0.353. The van der Waals surface area contributed by atoms with E-state index in [9.17, 15) is 4.79 Å². The molecule has 20 heavy (non-hydrogen) atoms. The van der Waals surface area contributed by atoms with E-state index in [-0.39, 0.29) is 25.2 Å². The minimum absolute atomic E-state index is 0.00352. The Balaban J connectivity index is 1.94. The van der Waals surface area contributed by atoms with Gasteiger partial charge in [0.15, 0.2) is 0 Å². The fourth-order valence-corrected chi connectivity index (χ4v) is 2.37. The first-order valence-corrected chi connectivity index (χ1v) is 6.93. The molecule has 4 nitrogen and oxygen atoms in total. The Morgan fingerprint density at radius 1 is 1.45 bits per heavy atom. The molecule has 0 unspecified atom stereocenters. The monoisotopic (exact) mass is 273 g/mol. The summed E-state index contributed by atoms with van der Waals surface area (Å²) < 4.78 is 10.9. The number of hydrogen-bond donors (Lipinski definition) is 1. The van der Waals surface area contributed by atoms with Crippen molar-refractivity contribution in [3.8, 4) is 0 Å². The third kappa shape index (κ3) is 3.49. The highest BCUT2D eigenvalue weighted by molar-refractivity contribution is 6.51. The first-order valence-electron chi connectivity index (χ1n) is 6.93. The Kier molecular flexibility index (Phi) is 4.98. The lowest BCUT2D eigenvalue weighted by molar-refractivity contribution is -0.138. The molecule has 1 saturated heterocycles. The van der Waals surface area contributed by atoms with Crippen LogP contribution in [-0.4, -0.2) is 25.7 Å². The summed E-state index contributed by atoms with van der Waals surface area (Å²) in [4.78, 5) is 11.6. The van der Waals surface area contributed by atoms with Crippen LogP contribution in [-0.2, 0) is 14.2 Å². The van der Waals surface area contributed by atoms with Crippen LogP contribution in [0.25, 0.3) is 0 Å². The molecular formula is C15H20BNO3. The van der Waals surface area contributed by atoms with Crippen LogP contribution in [0.1, 0.15) is 25.5 Å². The van der Waals surface area contributed by atoms with Crippen LogP contribution in [0.5, 0.6) is 0 Å². The number of rotatable bonds is 5. The lowest BCUT2D eigenvalue weighted by atomic mass is 9.76.